The van der Waals surface area contributed by atoms with E-state index in [9.17, 15) is 12.8 Å². The third-order valence-corrected chi connectivity index (χ3v) is 4.60. The lowest BCUT2D eigenvalue weighted by atomic mass is 10.3. The summed E-state index contributed by atoms with van der Waals surface area (Å²) < 4.78 is 46.0. The van der Waals surface area contributed by atoms with Gasteiger partial charge in [0, 0.05) is 5.02 Å². The predicted molar refractivity (Wildman–Crippen MR) is 78.0 cm³/mol. The van der Waals surface area contributed by atoms with Gasteiger partial charge in [-0.3, -0.25) is 0 Å². The van der Waals surface area contributed by atoms with E-state index in [1.54, 1.807) is 26.0 Å². The quantitative estimate of drug-likeness (QED) is 0.843. The number of anilines is 1. The number of halogens is 2. The highest BCUT2D eigenvalue weighted by Crippen LogP contribution is 2.26. The van der Waals surface area contributed by atoms with Gasteiger partial charge in [0.15, 0.2) is 5.82 Å². The van der Waals surface area contributed by atoms with Crippen LogP contribution in [0.4, 0.5) is 10.1 Å². The number of nitrogens with two attached hydrogens (primary N) is 1. The zero-order chi connectivity index (χ0) is 15.8. The number of hydrogen-bond donors (Lipinski definition) is 2. The lowest BCUT2D eigenvalue weighted by Gasteiger charge is -2.13. The van der Waals surface area contributed by atoms with E-state index in [0.717, 1.165) is 12.1 Å². The molecule has 114 valence electrons. The van der Waals surface area contributed by atoms with E-state index in [1.807, 2.05) is 0 Å². The number of rotatable bonds is 4. The van der Waals surface area contributed by atoms with Gasteiger partial charge < -0.3 is 10.2 Å². The van der Waals surface area contributed by atoms with E-state index < -0.39 is 26.8 Å². The maximum Gasteiger partial charge on any atom is 0.244 e. The Labute approximate surface area is 126 Å². The molecule has 0 aliphatic heterocycles. The van der Waals surface area contributed by atoms with Crippen molar-refractivity contribution >= 4 is 27.3 Å². The van der Waals surface area contributed by atoms with Gasteiger partial charge in [-0.2, -0.15) is 0 Å². The SMILES string of the molecule is Cc1ccc(C(C)NS(=O)(=O)c2cc(Cl)cc(N)c2F)o1. The molecule has 0 amide bonds. The van der Waals surface area contributed by atoms with Gasteiger partial charge >= 0.3 is 0 Å². The van der Waals surface area contributed by atoms with Crippen molar-refractivity contribution in [2.45, 2.75) is 24.8 Å². The number of benzene rings is 1. The highest BCUT2D eigenvalue weighted by atomic mass is 35.5. The molecule has 1 unspecified atom stereocenters. The molecule has 1 aromatic heterocycles. The second-order valence-corrected chi connectivity index (χ2v) is 6.72. The smallest absolute Gasteiger partial charge is 0.244 e. The Balaban J connectivity index is 2.35. The van der Waals surface area contributed by atoms with Crippen LogP contribution in [0.3, 0.4) is 0 Å². The van der Waals surface area contributed by atoms with Crippen LogP contribution in [0.15, 0.2) is 33.6 Å². The van der Waals surface area contributed by atoms with E-state index in [1.165, 1.54) is 0 Å². The summed E-state index contributed by atoms with van der Waals surface area (Å²) in [6.07, 6.45) is 0. The molecule has 0 aliphatic rings. The fraction of sp³-hybridized carbons (Fsp3) is 0.231. The first-order valence-electron chi connectivity index (χ1n) is 6.04. The molecule has 1 atom stereocenters. The lowest BCUT2D eigenvalue weighted by Crippen LogP contribution is -2.27. The molecule has 0 bridgehead atoms. The van der Waals surface area contributed by atoms with Crippen LogP contribution in [-0.2, 0) is 10.0 Å². The zero-order valence-corrected chi connectivity index (χ0v) is 12.9. The van der Waals surface area contributed by atoms with Crippen molar-refractivity contribution in [1.82, 2.24) is 4.72 Å². The third-order valence-electron chi connectivity index (χ3n) is 2.84. The summed E-state index contributed by atoms with van der Waals surface area (Å²) in [6.45, 7) is 3.32. The highest BCUT2D eigenvalue weighted by molar-refractivity contribution is 7.89. The van der Waals surface area contributed by atoms with Crippen LogP contribution in [0.25, 0.3) is 0 Å². The predicted octanol–water partition coefficient (Wildman–Crippen LogP) is 3.00. The number of hydrogen-bond acceptors (Lipinski definition) is 4. The average Bonchev–Trinajstić information content (AvgIpc) is 2.80. The molecule has 21 heavy (non-hydrogen) atoms. The van der Waals surface area contributed by atoms with Crippen LogP contribution in [0.5, 0.6) is 0 Å². The first-order valence-corrected chi connectivity index (χ1v) is 7.90. The Morgan fingerprint density at radius 2 is 2.05 bits per heavy atom. The molecule has 2 aromatic rings. The van der Waals surface area contributed by atoms with Gasteiger partial charge in [-0.1, -0.05) is 11.6 Å². The Morgan fingerprint density at radius 1 is 1.38 bits per heavy atom. The van der Waals surface area contributed by atoms with E-state index in [2.05, 4.69) is 4.72 Å². The molecule has 1 heterocycles. The minimum absolute atomic E-state index is 0.0378. The van der Waals surface area contributed by atoms with Crippen LogP contribution in [0, 0.1) is 12.7 Å². The minimum atomic E-state index is -4.12. The second-order valence-electron chi connectivity index (χ2n) is 4.60. The largest absolute Gasteiger partial charge is 0.465 e. The van der Waals surface area contributed by atoms with Crippen LogP contribution in [0.1, 0.15) is 24.5 Å². The van der Waals surface area contributed by atoms with Crippen LogP contribution < -0.4 is 10.5 Å². The maximum atomic E-state index is 13.9. The van der Waals surface area contributed by atoms with Gasteiger partial charge in [-0.15, -0.1) is 0 Å². The molecule has 0 aliphatic carbocycles. The number of aryl methyl sites for hydroxylation is 1. The molecule has 0 fully saturated rings. The molecule has 0 spiro atoms. The first-order chi connectivity index (χ1) is 9.70. The monoisotopic (exact) mass is 332 g/mol. The van der Waals surface area contributed by atoms with E-state index >= 15 is 0 Å². The molecule has 0 saturated carbocycles. The van der Waals surface area contributed by atoms with Gasteiger partial charge in [-0.05, 0) is 38.1 Å². The molecule has 5 nitrogen and oxygen atoms in total. The highest BCUT2D eigenvalue weighted by Gasteiger charge is 2.25. The standard InChI is InChI=1S/C13H14ClFN2O3S/c1-7-3-4-11(20-7)8(2)17-21(18,19)12-6-9(14)5-10(16)13(12)15/h3-6,8,17H,16H2,1-2H3. The fourth-order valence-corrected chi connectivity index (χ4v) is 3.46. The van der Waals surface area contributed by atoms with Crippen LogP contribution in [-0.4, -0.2) is 8.42 Å². The lowest BCUT2D eigenvalue weighted by molar-refractivity contribution is 0.440. The second kappa shape index (κ2) is 5.67. The number of nitrogen functional groups attached to an aromatic ring is 1. The number of nitrogens with one attached hydrogen (secondary N) is 1. The maximum absolute atomic E-state index is 13.9. The van der Waals surface area contributed by atoms with Gasteiger partial charge in [0.1, 0.15) is 16.4 Å². The van der Waals surface area contributed by atoms with Crippen molar-refractivity contribution < 1.29 is 17.2 Å². The van der Waals surface area contributed by atoms with Crippen molar-refractivity contribution in [3.05, 3.63) is 46.6 Å². The Kier molecular flexibility index (Phi) is 4.27. The zero-order valence-electron chi connectivity index (χ0n) is 11.4. The molecule has 8 heteroatoms. The van der Waals surface area contributed by atoms with Crippen molar-refractivity contribution in [1.29, 1.82) is 0 Å². The summed E-state index contributed by atoms with van der Waals surface area (Å²) in [5.74, 6) is 0.0374. The molecule has 1 aromatic carbocycles. The molecule has 3 N–H and O–H groups in total. The topological polar surface area (TPSA) is 85.3 Å². The molecule has 2 rings (SSSR count). The van der Waals surface area contributed by atoms with Gasteiger partial charge in [0.05, 0.1) is 11.7 Å². The summed E-state index contributed by atoms with van der Waals surface area (Å²) in [7, 11) is -4.12. The van der Waals surface area contributed by atoms with E-state index in [4.69, 9.17) is 21.8 Å². The molecule has 0 radical (unpaired) electrons. The molecular formula is C13H14ClFN2O3S. The summed E-state index contributed by atoms with van der Waals surface area (Å²) in [5.41, 5.74) is 5.06. The van der Waals surface area contributed by atoms with Gasteiger partial charge in [0.25, 0.3) is 0 Å². The summed E-state index contributed by atoms with van der Waals surface area (Å²) >= 11 is 5.73. The summed E-state index contributed by atoms with van der Waals surface area (Å²) in [6, 6.07) is 4.84. The van der Waals surface area contributed by atoms with Crippen molar-refractivity contribution in [2.24, 2.45) is 0 Å². The minimum Gasteiger partial charge on any atom is -0.465 e. The van der Waals surface area contributed by atoms with Crippen molar-refractivity contribution in [3.63, 3.8) is 0 Å². The van der Waals surface area contributed by atoms with Gasteiger partial charge in [-0.25, -0.2) is 17.5 Å². The van der Waals surface area contributed by atoms with Crippen molar-refractivity contribution in [3.8, 4) is 0 Å². The first kappa shape index (κ1) is 15.8. The molecular weight excluding hydrogens is 319 g/mol. The third kappa shape index (κ3) is 3.37. The number of sulfonamides is 1. The normalized spacial score (nSPS) is 13.3. The Hall–Kier alpha value is -1.57. The number of furan rings is 1. The Bertz CT molecular complexity index is 774. The fourth-order valence-electron chi connectivity index (χ4n) is 1.82. The van der Waals surface area contributed by atoms with Crippen molar-refractivity contribution in [2.75, 3.05) is 5.73 Å². The van der Waals surface area contributed by atoms with Crippen LogP contribution in [0.2, 0.25) is 5.02 Å². The summed E-state index contributed by atoms with van der Waals surface area (Å²) in [4.78, 5) is -0.595. The summed E-state index contributed by atoms with van der Waals surface area (Å²) in [5, 5.41) is 0.0378. The van der Waals surface area contributed by atoms with Crippen LogP contribution >= 0.6 is 11.6 Å². The van der Waals surface area contributed by atoms with Gasteiger partial charge in [0.2, 0.25) is 10.0 Å². The Morgan fingerprint density at radius 3 is 2.62 bits per heavy atom. The van der Waals surface area contributed by atoms with E-state index in [-0.39, 0.29) is 10.7 Å². The molecule has 0 saturated heterocycles. The van der Waals surface area contributed by atoms with E-state index in [0.29, 0.717) is 11.5 Å². The average molecular weight is 333 g/mol.